The van der Waals surface area contributed by atoms with Gasteiger partial charge in [-0.1, -0.05) is 32.9 Å². The van der Waals surface area contributed by atoms with Crippen LogP contribution < -0.4 is 10.1 Å². The van der Waals surface area contributed by atoms with Crippen LogP contribution in [-0.4, -0.2) is 18.1 Å². The van der Waals surface area contributed by atoms with Crippen LogP contribution in [0.5, 0.6) is 5.75 Å². The van der Waals surface area contributed by atoms with Gasteiger partial charge in [-0.25, -0.2) is 0 Å². The van der Waals surface area contributed by atoms with E-state index in [1.54, 1.807) is 6.92 Å². The van der Waals surface area contributed by atoms with Gasteiger partial charge in [-0.05, 0) is 55.7 Å². The van der Waals surface area contributed by atoms with Crippen molar-refractivity contribution >= 4 is 5.91 Å². The molecule has 0 saturated heterocycles. The summed E-state index contributed by atoms with van der Waals surface area (Å²) in [7, 11) is 0. The SMILES string of the molecule is CC(Oc1ccc(C(C)(C)C)cc1)C(=O)NC(C)C1CC1. The van der Waals surface area contributed by atoms with Crippen LogP contribution in [0.3, 0.4) is 0 Å². The van der Waals surface area contributed by atoms with Crippen LogP contribution in [0.25, 0.3) is 0 Å². The predicted molar refractivity (Wildman–Crippen MR) is 85.6 cm³/mol. The number of ether oxygens (including phenoxy) is 1. The van der Waals surface area contributed by atoms with E-state index in [4.69, 9.17) is 4.74 Å². The van der Waals surface area contributed by atoms with Crippen LogP contribution in [-0.2, 0) is 10.2 Å². The molecule has 116 valence electrons. The Bertz CT molecular complexity index is 483. The van der Waals surface area contributed by atoms with Crippen molar-refractivity contribution in [2.45, 2.75) is 65.0 Å². The van der Waals surface area contributed by atoms with E-state index in [1.807, 2.05) is 12.1 Å². The van der Waals surface area contributed by atoms with Gasteiger partial charge in [0.2, 0.25) is 0 Å². The molecule has 0 bridgehead atoms. The Labute approximate surface area is 128 Å². The number of amides is 1. The number of carbonyl (C=O) groups is 1. The molecule has 2 unspecified atom stereocenters. The molecule has 21 heavy (non-hydrogen) atoms. The first-order valence-electron chi connectivity index (χ1n) is 7.85. The number of benzene rings is 1. The molecule has 1 aliphatic carbocycles. The van der Waals surface area contributed by atoms with Gasteiger partial charge in [0.05, 0.1) is 0 Å². The van der Waals surface area contributed by atoms with Gasteiger partial charge in [0, 0.05) is 6.04 Å². The van der Waals surface area contributed by atoms with Crippen molar-refractivity contribution in [1.82, 2.24) is 5.32 Å². The van der Waals surface area contributed by atoms with Crippen molar-refractivity contribution in [3.05, 3.63) is 29.8 Å². The molecule has 0 aromatic heterocycles. The Morgan fingerprint density at radius 2 is 1.76 bits per heavy atom. The van der Waals surface area contributed by atoms with Crippen LogP contribution in [0.4, 0.5) is 0 Å². The monoisotopic (exact) mass is 289 g/mol. The van der Waals surface area contributed by atoms with E-state index in [0.29, 0.717) is 5.92 Å². The Hall–Kier alpha value is -1.51. The Morgan fingerprint density at radius 3 is 2.24 bits per heavy atom. The van der Waals surface area contributed by atoms with Crippen molar-refractivity contribution in [3.63, 3.8) is 0 Å². The molecular weight excluding hydrogens is 262 g/mol. The zero-order valence-electron chi connectivity index (χ0n) is 13.8. The van der Waals surface area contributed by atoms with Crippen molar-refractivity contribution in [1.29, 1.82) is 0 Å². The summed E-state index contributed by atoms with van der Waals surface area (Å²) in [5.41, 5.74) is 1.38. The second kappa shape index (κ2) is 6.08. The quantitative estimate of drug-likeness (QED) is 0.898. The van der Waals surface area contributed by atoms with Gasteiger partial charge >= 0.3 is 0 Å². The molecule has 0 aliphatic heterocycles. The first kappa shape index (κ1) is 15.9. The lowest BCUT2D eigenvalue weighted by atomic mass is 9.87. The minimum absolute atomic E-state index is 0.0331. The van der Waals surface area contributed by atoms with E-state index < -0.39 is 6.10 Å². The minimum atomic E-state index is -0.466. The van der Waals surface area contributed by atoms with Crippen LogP contribution in [0, 0.1) is 5.92 Å². The highest BCUT2D eigenvalue weighted by Gasteiger charge is 2.30. The molecule has 1 fully saturated rings. The second-order valence-corrected chi connectivity index (χ2v) is 7.17. The van der Waals surface area contributed by atoms with E-state index in [1.165, 1.54) is 18.4 Å². The summed E-state index contributed by atoms with van der Waals surface area (Å²) in [5.74, 6) is 1.37. The molecule has 1 aromatic carbocycles. The summed E-state index contributed by atoms with van der Waals surface area (Å²) in [6.45, 7) is 10.4. The van der Waals surface area contributed by atoms with E-state index in [-0.39, 0.29) is 17.4 Å². The molecule has 0 radical (unpaired) electrons. The van der Waals surface area contributed by atoms with Crippen molar-refractivity contribution in [2.75, 3.05) is 0 Å². The molecule has 2 rings (SSSR count). The van der Waals surface area contributed by atoms with Gasteiger partial charge in [0.15, 0.2) is 6.10 Å². The summed E-state index contributed by atoms with van der Waals surface area (Å²) in [4.78, 5) is 12.1. The molecule has 1 amide bonds. The molecule has 1 N–H and O–H groups in total. The molecule has 1 saturated carbocycles. The molecule has 0 spiro atoms. The fraction of sp³-hybridized carbons (Fsp3) is 0.611. The molecule has 3 heteroatoms. The molecule has 1 aliphatic rings. The maximum Gasteiger partial charge on any atom is 0.260 e. The minimum Gasteiger partial charge on any atom is -0.481 e. The Morgan fingerprint density at radius 1 is 1.19 bits per heavy atom. The van der Waals surface area contributed by atoms with Crippen molar-refractivity contribution in [2.24, 2.45) is 5.92 Å². The average molecular weight is 289 g/mol. The smallest absolute Gasteiger partial charge is 0.260 e. The average Bonchev–Trinajstić information content (AvgIpc) is 3.22. The lowest BCUT2D eigenvalue weighted by molar-refractivity contribution is -0.128. The summed E-state index contributed by atoms with van der Waals surface area (Å²) < 4.78 is 5.73. The third-order valence-corrected chi connectivity index (χ3v) is 4.10. The topological polar surface area (TPSA) is 38.3 Å². The van der Waals surface area contributed by atoms with Crippen LogP contribution >= 0.6 is 0 Å². The maximum atomic E-state index is 12.1. The largest absolute Gasteiger partial charge is 0.481 e. The molecule has 3 nitrogen and oxygen atoms in total. The van der Waals surface area contributed by atoms with Crippen molar-refractivity contribution < 1.29 is 9.53 Å². The summed E-state index contributed by atoms with van der Waals surface area (Å²) >= 11 is 0. The number of carbonyl (C=O) groups excluding carboxylic acids is 1. The number of hydrogen-bond donors (Lipinski definition) is 1. The molecule has 0 heterocycles. The standard InChI is InChI=1S/C18H27NO2/c1-12(14-6-7-14)19-17(20)13(2)21-16-10-8-15(9-11-16)18(3,4)5/h8-14H,6-7H2,1-5H3,(H,19,20). The highest BCUT2D eigenvalue weighted by atomic mass is 16.5. The van der Waals surface area contributed by atoms with Crippen LogP contribution in [0.2, 0.25) is 0 Å². The summed E-state index contributed by atoms with van der Waals surface area (Å²) in [6.07, 6.45) is 1.99. The van der Waals surface area contributed by atoms with E-state index in [2.05, 4.69) is 45.1 Å². The van der Waals surface area contributed by atoms with Gasteiger partial charge < -0.3 is 10.1 Å². The fourth-order valence-electron chi connectivity index (χ4n) is 2.35. The summed E-state index contributed by atoms with van der Waals surface area (Å²) in [6, 6.07) is 8.26. The van der Waals surface area contributed by atoms with Gasteiger partial charge in [-0.3, -0.25) is 4.79 Å². The highest BCUT2D eigenvalue weighted by molar-refractivity contribution is 5.81. The first-order chi connectivity index (χ1) is 9.77. The number of rotatable bonds is 5. The third kappa shape index (κ3) is 4.48. The summed E-state index contributed by atoms with van der Waals surface area (Å²) in [5, 5.41) is 3.03. The lowest BCUT2D eigenvalue weighted by Gasteiger charge is -2.21. The first-order valence-corrected chi connectivity index (χ1v) is 7.85. The molecule has 1 aromatic rings. The van der Waals surface area contributed by atoms with Crippen molar-refractivity contribution in [3.8, 4) is 5.75 Å². The third-order valence-electron chi connectivity index (χ3n) is 4.10. The van der Waals surface area contributed by atoms with Gasteiger partial charge in [0.1, 0.15) is 5.75 Å². The predicted octanol–water partition coefficient (Wildman–Crippen LogP) is 3.67. The Balaban J connectivity index is 1.89. The second-order valence-electron chi connectivity index (χ2n) is 7.17. The van der Waals surface area contributed by atoms with E-state index >= 15 is 0 Å². The molecule has 2 atom stereocenters. The maximum absolute atomic E-state index is 12.1. The zero-order chi connectivity index (χ0) is 15.6. The number of hydrogen-bond acceptors (Lipinski definition) is 2. The number of nitrogens with one attached hydrogen (secondary N) is 1. The van der Waals surface area contributed by atoms with Gasteiger partial charge in [-0.2, -0.15) is 0 Å². The van der Waals surface area contributed by atoms with E-state index in [9.17, 15) is 4.79 Å². The normalized spacial score (nSPS) is 18.0. The zero-order valence-corrected chi connectivity index (χ0v) is 13.8. The Kier molecular flexibility index (Phi) is 4.60. The molecular formula is C18H27NO2. The van der Waals surface area contributed by atoms with Gasteiger partial charge in [-0.15, -0.1) is 0 Å². The lowest BCUT2D eigenvalue weighted by Crippen LogP contribution is -2.42. The fourth-order valence-corrected chi connectivity index (χ4v) is 2.35. The highest BCUT2D eigenvalue weighted by Crippen LogP contribution is 2.32. The van der Waals surface area contributed by atoms with E-state index in [0.717, 1.165) is 5.75 Å². The van der Waals surface area contributed by atoms with Crippen LogP contribution in [0.15, 0.2) is 24.3 Å². The van der Waals surface area contributed by atoms with Gasteiger partial charge in [0.25, 0.3) is 5.91 Å². The van der Waals surface area contributed by atoms with Crippen LogP contribution in [0.1, 0.15) is 53.0 Å².